The van der Waals surface area contributed by atoms with Crippen LogP contribution in [-0.2, 0) is 4.79 Å². The van der Waals surface area contributed by atoms with E-state index in [4.69, 9.17) is 16.8 Å². The van der Waals surface area contributed by atoms with E-state index in [1.807, 2.05) is 12.1 Å². The molecule has 84 valence electrons. The van der Waals surface area contributed by atoms with Crippen LogP contribution in [0, 0.1) is 0 Å². The molecule has 16 heavy (non-hydrogen) atoms. The lowest BCUT2D eigenvalue weighted by atomic mass is 9.97. The van der Waals surface area contributed by atoms with Gasteiger partial charge < -0.3 is 5.32 Å². The van der Waals surface area contributed by atoms with Gasteiger partial charge in [-0.25, -0.2) is 5.48 Å². The average Bonchev–Trinajstić information content (AvgIpc) is 2.29. The van der Waals surface area contributed by atoms with Gasteiger partial charge in [0.05, 0.1) is 6.42 Å². The molecule has 1 aromatic rings. The third-order valence-electron chi connectivity index (χ3n) is 2.44. The Labute approximate surface area is 97.9 Å². The normalized spacial score (nSPS) is 13.5. The van der Waals surface area contributed by atoms with Gasteiger partial charge in [-0.2, -0.15) is 0 Å². The molecular formula is C11H11ClN2O2. The van der Waals surface area contributed by atoms with Crippen molar-refractivity contribution in [1.82, 2.24) is 5.48 Å². The molecule has 0 unspecified atom stereocenters. The summed E-state index contributed by atoms with van der Waals surface area (Å²) >= 11 is 5.91. The van der Waals surface area contributed by atoms with Crippen molar-refractivity contribution < 1.29 is 10.0 Å². The molecular weight excluding hydrogens is 228 g/mol. The van der Waals surface area contributed by atoms with Gasteiger partial charge in [-0.05, 0) is 23.8 Å². The predicted octanol–water partition coefficient (Wildman–Crippen LogP) is 2.04. The molecule has 1 heterocycles. The molecule has 5 heteroatoms. The van der Waals surface area contributed by atoms with Crippen LogP contribution in [0.1, 0.15) is 12.0 Å². The van der Waals surface area contributed by atoms with Crippen LogP contribution in [0.25, 0.3) is 5.57 Å². The van der Waals surface area contributed by atoms with Gasteiger partial charge in [-0.3, -0.25) is 10.0 Å². The molecule has 0 aromatic heterocycles. The quantitative estimate of drug-likeness (QED) is 0.546. The number of nitrogens with one attached hydrogen (secondary N) is 2. The summed E-state index contributed by atoms with van der Waals surface area (Å²) in [6, 6.07) is 5.48. The summed E-state index contributed by atoms with van der Waals surface area (Å²) in [5, 5.41) is 12.3. The maximum atomic E-state index is 11.1. The highest BCUT2D eigenvalue weighted by Crippen LogP contribution is 2.31. The van der Waals surface area contributed by atoms with Crippen molar-refractivity contribution in [2.75, 3.05) is 11.9 Å². The van der Waals surface area contributed by atoms with Crippen LogP contribution in [0.15, 0.2) is 24.3 Å². The first kappa shape index (κ1) is 11.0. The lowest BCUT2D eigenvalue weighted by Gasteiger charge is -2.19. The number of benzene rings is 1. The molecule has 1 aromatic carbocycles. The summed E-state index contributed by atoms with van der Waals surface area (Å²) in [4.78, 5) is 11.1. The fourth-order valence-corrected chi connectivity index (χ4v) is 1.88. The fourth-order valence-electron chi connectivity index (χ4n) is 1.71. The molecule has 0 bridgehead atoms. The smallest absolute Gasteiger partial charge is 0.247 e. The van der Waals surface area contributed by atoms with E-state index >= 15 is 0 Å². The lowest BCUT2D eigenvalue weighted by Crippen LogP contribution is -2.20. The number of anilines is 1. The van der Waals surface area contributed by atoms with Gasteiger partial charge in [-0.15, -0.1) is 0 Å². The standard InChI is InChI=1S/C11H11ClN2O2/c12-8-1-2-10-9(6-8)7(3-4-13-10)5-11(15)14-16/h1-3,6,13,16H,4-5H2,(H,14,15). The van der Waals surface area contributed by atoms with Gasteiger partial charge in [-0.1, -0.05) is 17.7 Å². The second kappa shape index (κ2) is 4.55. The topological polar surface area (TPSA) is 61.4 Å². The first-order chi connectivity index (χ1) is 7.70. The molecule has 0 saturated heterocycles. The maximum absolute atomic E-state index is 11.1. The fraction of sp³-hybridized carbons (Fsp3) is 0.182. The number of carbonyl (C=O) groups is 1. The van der Waals surface area contributed by atoms with Crippen LogP contribution in [0.4, 0.5) is 5.69 Å². The first-order valence-corrected chi connectivity index (χ1v) is 5.24. The second-order valence-electron chi connectivity index (χ2n) is 3.51. The average molecular weight is 239 g/mol. The molecule has 2 rings (SSSR count). The molecule has 3 N–H and O–H groups in total. The molecule has 0 aliphatic carbocycles. The van der Waals surface area contributed by atoms with Gasteiger partial charge in [0.15, 0.2) is 0 Å². The summed E-state index contributed by atoms with van der Waals surface area (Å²) in [6.45, 7) is 0.669. The van der Waals surface area contributed by atoms with Gasteiger partial charge in [0.2, 0.25) is 5.91 Å². The molecule has 1 aliphatic heterocycles. The number of hydroxylamine groups is 1. The Morgan fingerprint density at radius 3 is 3.12 bits per heavy atom. The number of halogens is 1. The zero-order chi connectivity index (χ0) is 11.5. The van der Waals surface area contributed by atoms with E-state index < -0.39 is 5.91 Å². The molecule has 1 amide bonds. The van der Waals surface area contributed by atoms with Crippen molar-refractivity contribution >= 4 is 28.8 Å². The van der Waals surface area contributed by atoms with Crippen LogP contribution >= 0.6 is 11.6 Å². The zero-order valence-corrected chi connectivity index (χ0v) is 9.21. The summed E-state index contributed by atoms with van der Waals surface area (Å²) < 4.78 is 0. The Hall–Kier alpha value is -1.52. The second-order valence-corrected chi connectivity index (χ2v) is 3.95. The van der Waals surface area contributed by atoms with Gasteiger partial charge in [0, 0.05) is 22.8 Å². The van der Waals surface area contributed by atoms with E-state index in [0.29, 0.717) is 11.6 Å². The minimum absolute atomic E-state index is 0.144. The zero-order valence-electron chi connectivity index (χ0n) is 8.46. The molecule has 0 fully saturated rings. The molecule has 0 atom stereocenters. The van der Waals surface area contributed by atoms with E-state index in [-0.39, 0.29) is 6.42 Å². The van der Waals surface area contributed by atoms with E-state index in [1.165, 1.54) is 0 Å². The molecule has 0 saturated carbocycles. The highest BCUT2D eigenvalue weighted by molar-refractivity contribution is 6.30. The Morgan fingerprint density at radius 1 is 1.56 bits per heavy atom. The highest BCUT2D eigenvalue weighted by Gasteiger charge is 2.15. The lowest BCUT2D eigenvalue weighted by molar-refractivity contribution is -0.128. The molecule has 4 nitrogen and oxygen atoms in total. The first-order valence-electron chi connectivity index (χ1n) is 4.86. The monoisotopic (exact) mass is 238 g/mol. The largest absolute Gasteiger partial charge is 0.381 e. The van der Waals surface area contributed by atoms with Crippen LogP contribution < -0.4 is 10.8 Å². The number of hydrogen-bond donors (Lipinski definition) is 3. The van der Waals surface area contributed by atoms with E-state index in [9.17, 15) is 4.79 Å². The molecule has 0 spiro atoms. The summed E-state index contributed by atoms with van der Waals surface area (Å²) in [7, 11) is 0. The molecule has 1 aliphatic rings. The van der Waals surface area contributed by atoms with Crippen LogP contribution in [0.2, 0.25) is 5.02 Å². The van der Waals surface area contributed by atoms with Crippen LogP contribution in [0.5, 0.6) is 0 Å². The third-order valence-corrected chi connectivity index (χ3v) is 2.68. The summed E-state index contributed by atoms with van der Waals surface area (Å²) in [6.07, 6.45) is 2.05. The summed E-state index contributed by atoms with van der Waals surface area (Å²) in [5.74, 6) is -0.431. The van der Waals surface area contributed by atoms with Crippen LogP contribution in [0.3, 0.4) is 0 Å². The number of rotatable bonds is 2. The Kier molecular flexibility index (Phi) is 3.12. The van der Waals surface area contributed by atoms with Gasteiger partial charge >= 0.3 is 0 Å². The Morgan fingerprint density at radius 2 is 2.38 bits per heavy atom. The number of fused-ring (bicyclic) bond motifs is 1. The number of amides is 1. The van der Waals surface area contributed by atoms with Crippen molar-refractivity contribution in [3.63, 3.8) is 0 Å². The summed E-state index contributed by atoms with van der Waals surface area (Å²) in [5.41, 5.74) is 4.34. The van der Waals surface area contributed by atoms with Gasteiger partial charge in [0.25, 0.3) is 0 Å². The number of carbonyl (C=O) groups excluding carboxylic acids is 1. The van der Waals surface area contributed by atoms with Crippen molar-refractivity contribution in [2.24, 2.45) is 0 Å². The molecule has 0 radical (unpaired) electrons. The maximum Gasteiger partial charge on any atom is 0.247 e. The van der Waals surface area contributed by atoms with Crippen LogP contribution in [-0.4, -0.2) is 17.7 Å². The van der Waals surface area contributed by atoms with Crippen molar-refractivity contribution in [3.8, 4) is 0 Å². The van der Waals surface area contributed by atoms with E-state index in [2.05, 4.69) is 5.32 Å². The predicted molar refractivity (Wildman–Crippen MR) is 62.5 cm³/mol. The van der Waals surface area contributed by atoms with Crippen molar-refractivity contribution in [3.05, 3.63) is 34.9 Å². The Bertz CT molecular complexity index is 457. The minimum Gasteiger partial charge on any atom is -0.381 e. The SMILES string of the molecule is O=C(CC1=CCNc2ccc(Cl)cc21)NO. The Balaban J connectivity index is 2.32. The highest BCUT2D eigenvalue weighted by atomic mass is 35.5. The van der Waals surface area contributed by atoms with Gasteiger partial charge in [0.1, 0.15) is 0 Å². The van der Waals surface area contributed by atoms with E-state index in [1.54, 1.807) is 17.6 Å². The number of hydrogen-bond acceptors (Lipinski definition) is 3. The third kappa shape index (κ3) is 2.18. The minimum atomic E-state index is -0.431. The van der Waals surface area contributed by atoms with Crippen molar-refractivity contribution in [2.45, 2.75) is 6.42 Å². The van der Waals surface area contributed by atoms with E-state index in [0.717, 1.165) is 16.8 Å². The van der Waals surface area contributed by atoms with Crippen molar-refractivity contribution in [1.29, 1.82) is 0 Å².